The van der Waals surface area contributed by atoms with Crippen molar-refractivity contribution >= 4 is 17.5 Å². The summed E-state index contributed by atoms with van der Waals surface area (Å²) in [6.45, 7) is -0.0284. The van der Waals surface area contributed by atoms with E-state index in [-0.39, 0.29) is 24.2 Å². The van der Waals surface area contributed by atoms with Crippen molar-refractivity contribution in [2.75, 3.05) is 11.9 Å². The lowest BCUT2D eigenvalue weighted by Gasteiger charge is -2.31. The number of fused-ring (bicyclic) bond motifs is 1. The lowest BCUT2D eigenvalue weighted by Crippen LogP contribution is -2.39. The summed E-state index contributed by atoms with van der Waals surface area (Å²) in [4.78, 5) is 27.4. The predicted octanol–water partition coefficient (Wildman–Crippen LogP) is 5.06. The molecule has 1 aliphatic heterocycles. The van der Waals surface area contributed by atoms with Crippen LogP contribution in [-0.2, 0) is 9.59 Å². The lowest BCUT2D eigenvalue weighted by molar-refractivity contribution is -0.136. The number of anilines is 1. The standard InChI is InChI=1S/C24H27FN2O2/c25-19-12-13-21-20(15-19)24(18-9-5-2-6-10-18)27(16-22(28)26-21)23(29)14-11-17-7-3-1-4-8-17/h2,5-6,9-10,12-13,15,17,24H,1,3-4,7-8,11,14,16H2,(H,26,28)/t24-/m1/s1. The Hall–Kier alpha value is -2.69. The van der Waals surface area contributed by atoms with E-state index in [1.54, 1.807) is 11.0 Å². The molecule has 1 atom stereocenters. The molecule has 2 aromatic rings. The maximum absolute atomic E-state index is 14.1. The smallest absolute Gasteiger partial charge is 0.244 e. The van der Waals surface area contributed by atoms with E-state index in [0.717, 1.165) is 12.0 Å². The van der Waals surface area contributed by atoms with Gasteiger partial charge in [0.15, 0.2) is 0 Å². The Labute approximate surface area is 171 Å². The van der Waals surface area contributed by atoms with Crippen LogP contribution in [0.3, 0.4) is 0 Å². The first kappa shape index (κ1) is 19.6. The van der Waals surface area contributed by atoms with Gasteiger partial charge in [0.05, 0.1) is 6.04 Å². The molecule has 0 unspecified atom stereocenters. The highest BCUT2D eigenvalue weighted by Gasteiger charge is 2.33. The number of rotatable bonds is 4. The number of benzene rings is 2. The minimum absolute atomic E-state index is 0.0284. The van der Waals surface area contributed by atoms with Gasteiger partial charge in [-0.05, 0) is 36.1 Å². The molecule has 2 aromatic carbocycles. The molecule has 29 heavy (non-hydrogen) atoms. The van der Waals surface area contributed by atoms with Gasteiger partial charge in [0.2, 0.25) is 11.8 Å². The highest BCUT2D eigenvalue weighted by Crippen LogP contribution is 2.37. The van der Waals surface area contributed by atoms with Crippen LogP contribution in [0, 0.1) is 11.7 Å². The largest absolute Gasteiger partial charge is 0.324 e. The first-order valence-corrected chi connectivity index (χ1v) is 10.6. The number of hydrogen-bond acceptors (Lipinski definition) is 2. The average Bonchev–Trinajstić information content (AvgIpc) is 2.89. The molecule has 2 aliphatic rings. The van der Waals surface area contributed by atoms with E-state index in [2.05, 4.69) is 5.32 Å². The molecular weight excluding hydrogens is 367 g/mol. The van der Waals surface area contributed by atoms with Crippen LogP contribution in [0.25, 0.3) is 0 Å². The summed E-state index contributed by atoms with van der Waals surface area (Å²) in [5.41, 5.74) is 2.06. The van der Waals surface area contributed by atoms with Crippen LogP contribution in [0.15, 0.2) is 48.5 Å². The molecule has 0 spiro atoms. The second-order valence-corrected chi connectivity index (χ2v) is 8.16. The van der Waals surface area contributed by atoms with Gasteiger partial charge in [0.1, 0.15) is 12.4 Å². The zero-order valence-corrected chi connectivity index (χ0v) is 16.6. The highest BCUT2D eigenvalue weighted by atomic mass is 19.1. The van der Waals surface area contributed by atoms with E-state index in [0.29, 0.717) is 23.6 Å². The third-order valence-corrected chi connectivity index (χ3v) is 6.13. The van der Waals surface area contributed by atoms with Crippen LogP contribution in [-0.4, -0.2) is 23.3 Å². The molecule has 1 saturated carbocycles. The Morgan fingerprint density at radius 1 is 1.07 bits per heavy atom. The molecule has 0 bridgehead atoms. The van der Waals surface area contributed by atoms with Crippen LogP contribution in [0.2, 0.25) is 0 Å². The molecule has 1 heterocycles. The zero-order chi connectivity index (χ0) is 20.2. The fourth-order valence-corrected chi connectivity index (χ4v) is 4.65. The zero-order valence-electron chi connectivity index (χ0n) is 16.6. The van der Waals surface area contributed by atoms with Gasteiger partial charge in [-0.25, -0.2) is 4.39 Å². The minimum Gasteiger partial charge on any atom is -0.324 e. The van der Waals surface area contributed by atoms with Gasteiger partial charge in [-0.3, -0.25) is 9.59 Å². The van der Waals surface area contributed by atoms with E-state index in [9.17, 15) is 14.0 Å². The molecular formula is C24H27FN2O2. The van der Waals surface area contributed by atoms with E-state index >= 15 is 0 Å². The molecule has 0 aromatic heterocycles. The first-order chi connectivity index (χ1) is 14.1. The van der Waals surface area contributed by atoms with Crippen LogP contribution in [0.1, 0.15) is 62.1 Å². The SMILES string of the molecule is O=C1CN(C(=O)CCC2CCCCC2)[C@H](c2ccccc2)c2cc(F)ccc2N1. The van der Waals surface area contributed by atoms with Crippen molar-refractivity contribution in [1.29, 1.82) is 0 Å². The van der Waals surface area contributed by atoms with Crippen LogP contribution in [0.5, 0.6) is 0 Å². The molecule has 0 radical (unpaired) electrons. The number of hydrogen-bond donors (Lipinski definition) is 1. The minimum atomic E-state index is -0.486. The molecule has 1 fully saturated rings. The quantitative estimate of drug-likeness (QED) is 0.788. The van der Waals surface area contributed by atoms with Crippen molar-refractivity contribution < 1.29 is 14.0 Å². The summed E-state index contributed by atoms with van der Waals surface area (Å²) in [5, 5.41) is 2.84. The molecule has 2 amide bonds. The molecule has 1 N–H and O–H groups in total. The van der Waals surface area contributed by atoms with E-state index in [4.69, 9.17) is 0 Å². The summed E-state index contributed by atoms with van der Waals surface area (Å²) in [5.74, 6) is -0.0807. The Balaban J connectivity index is 1.66. The van der Waals surface area contributed by atoms with Crippen molar-refractivity contribution in [3.63, 3.8) is 0 Å². The fourth-order valence-electron chi connectivity index (χ4n) is 4.65. The maximum atomic E-state index is 14.1. The fraction of sp³-hybridized carbons (Fsp3) is 0.417. The van der Waals surface area contributed by atoms with Gasteiger partial charge in [-0.1, -0.05) is 62.4 Å². The van der Waals surface area contributed by atoms with Gasteiger partial charge in [-0.2, -0.15) is 0 Å². The number of amides is 2. The van der Waals surface area contributed by atoms with E-state index < -0.39 is 6.04 Å². The Morgan fingerprint density at radius 3 is 2.59 bits per heavy atom. The molecule has 4 rings (SSSR count). The van der Waals surface area contributed by atoms with Gasteiger partial charge in [-0.15, -0.1) is 0 Å². The number of carbonyl (C=O) groups excluding carboxylic acids is 2. The van der Waals surface area contributed by atoms with Crippen LogP contribution in [0.4, 0.5) is 10.1 Å². The third kappa shape index (κ3) is 4.50. The lowest BCUT2D eigenvalue weighted by atomic mass is 9.86. The van der Waals surface area contributed by atoms with Crippen molar-refractivity contribution in [3.8, 4) is 0 Å². The second-order valence-electron chi connectivity index (χ2n) is 8.16. The van der Waals surface area contributed by atoms with Crippen LogP contribution < -0.4 is 5.32 Å². The number of nitrogens with one attached hydrogen (secondary N) is 1. The molecule has 0 saturated heterocycles. The molecule has 1 aliphatic carbocycles. The van der Waals surface area contributed by atoms with Crippen molar-refractivity contribution in [2.45, 2.75) is 51.0 Å². The normalized spacial score (nSPS) is 20.0. The first-order valence-electron chi connectivity index (χ1n) is 10.6. The van der Waals surface area contributed by atoms with Gasteiger partial charge in [0.25, 0.3) is 0 Å². The summed E-state index contributed by atoms with van der Waals surface area (Å²) in [6.07, 6.45) is 7.41. The Morgan fingerprint density at radius 2 is 1.83 bits per heavy atom. The van der Waals surface area contributed by atoms with Crippen molar-refractivity contribution in [1.82, 2.24) is 4.90 Å². The monoisotopic (exact) mass is 394 g/mol. The summed E-state index contributed by atoms with van der Waals surface area (Å²) in [7, 11) is 0. The third-order valence-electron chi connectivity index (χ3n) is 6.13. The molecule has 5 heteroatoms. The summed E-state index contributed by atoms with van der Waals surface area (Å²) >= 11 is 0. The number of nitrogens with zero attached hydrogens (tertiary/aromatic N) is 1. The topological polar surface area (TPSA) is 49.4 Å². The summed E-state index contributed by atoms with van der Waals surface area (Å²) in [6, 6.07) is 13.4. The predicted molar refractivity (Wildman–Crippen MR) is 111 cm³/mol. The van der Waals surface area contributed by atoms with Crippen LogP contribution >= 0.6 is 0 Å². The number of carbonyl (C=O) groups is 2. The maximum Gasteiger partial charge on any atom is 0.244 e. The number of halogens is 1. The van der Waals surface area contributed by atoms with Gasteiger partial charge in [0, 0.05) is 17.7 Å². The second kappa shape index (κ2) is 8.76. The van der Waals surface area contributed by atoms with Gasteiger partial charge >= 0.3 is 0 Å². The van der Waals surface area contributed by atoms with E-state index in [1.807, 2.05) is 30.3 Å². The van der Waals surface area contributed by atoms with Crippen molar-refractivity contribution in [3.05, 3.63) is 65.5 Å². The highest BCUT2D eigenvalue weighted by molar-refractivity contribution is 5.97. The Kier molecular flexibility index (Phi) is 5.93. The summed E-state index contributed by atoms with van der Waals surface area (Å²) < 4.78 is 14.1. The average molecular weight is 394 g/mol. The van der Waals surface area contributed by atoms with E-state index in [1.165, 1.54) is 44.2 Å². The van der Waals surface area contributed by atoms with Gasteiger partial charge < -0.3 is 10.2 Å². The molecule has 4 nitrogen and oxygen atoms in total. The van der Waals surface area contributed by atoms with Crippen molar-refractivity contribution in [2.24, 2.45) is 5.92 Å². The molecule has 152 valence electrons. The Bertz CT molecular complexity index is 878.